The van der Waals surface area contributed by atoms with Crippen molar-refractivity contribution >= 4 is 0 Å². The highest BCUT2D eigenvalue weighted by Gasteiger charge is 2.70. The maximum absolute atomic E-state index is 11.7. The van der Waals surface area contributed by atoms with Gasteiger partial charge >= 0.3 is 0 Å². The molecular formula is C30H52O2. The zero-order chi connectivity index (χ0) is 23.7. The van der Waals surface area contributed by atoms with Crippen molar-refractivity contribution in [2.75, 3.05) is 0 Å². The monoisotopic (exact) mass is 444 g/mol. The Hall–Kier alpha value is -0.340. The standard InChI is InChI=1S/C30H52O2/c1-19(2)10-9-11-22(31)21-13-16-30(8)26(21)23(32)18-25-28(6)15-12-20(3)27(4,5)24(28)14-17-29(25,30)7/h10,20-26,31-32H,9,11-18H2,1-8H3/t20-,21?,22+,23+,24?,25?,26?,28-,29+,30+/m0/s1. The molecule has 0 bridgehead atoms. The van der Waals surface area contributed by atoms with E-state index < -0.39 is 0 Å². The second kappa shape index (κ2) is 8.11. The summed E-state index contributed by atoms with van der Waals surface area (Å²) in [5.41, 5.74) is 2.46. The molecule has 4 saturated carbocycles. The van der Waals surface area contributed by atoms with Crippen LogP contribution in [0.3, 0.4) is 0 Å². The number of aliphatic hydroxyl groups excluding tert-OH is 2. The van der Waals surface area contributed by atoms with Crippen molar-refractivity contribution in [2.24, 2.45) is 51.2 Å². The minimum absolute atomic E-state index is 0.138. The lowest BCUT2D eigenvalue weighted by molar-refractivity contribution is -0.237. The molecule has 2 N–H and O–H groups in total. The predicted octanol–water partition coefficient (Wildman–Crippen LogP) is 7.39. The van der Waals surface area contributed by atoms with Gasteiger partial charge in [0.2, 0.25) is 0 Å². The summed E-state index contributed by atoms with van der Waals surface area (Å²) in [6.45, 7) is 19.5. The molecule has 4 aliphatic carbocycles. The Bertz CT molecular complexity index is 735. The molecule has 0 amide bonds. The molecule has 2 heteroatoms. The quantitative estimate of drug-likeness (QED) is 0.444. The summed E-state index contributed by atoms with van der Waals surface area (Å²) in [4.78, 5) is 0. The van der Waals surface area contributed by atoms with Crippen LogP contribution in [0.2, 0.25) is 0 Å². The van der Waals surface area contributed by atoms with Gasteiger partial charge in [0.1, 0.15) is 0 Å². The largest absolute Gasteiger partial charge is 0.393 e. The van der Waals surface area contributed by atoms with E-state index in [9.17, 15) is 10.2 Å². The van der Waals surface area contributed by atoms with Gasteiger partial charge in [0.15, 0.2) is 0 Å². The van der Waals surface area contributed by atoms with E-state index in [-0.39, 0.29) is 34.9 Å². The SMILES string of the molecule is CC(C)=CCC[C@@H](O)C1CC[C@]2(C)C1[C@H](O)CC1[C@@]3(C)CC[C@H](C)C(C)(C)C3CC[C@]12C. The van der Waals surface area contributed by atoms with E-state index in [1.807, 2.05) is 0 Å². The van der Waals surface area contributed by atoms with Crippen LogP contribution in [0, 0.1) is 51.2 Å². The number of hydrogen-bond acceptors (Lipinski definition) is 2. The third-order valence-corrected chi connectivity index (χ3v) is 12.5. The Morgan fingerprint density at radius 3 is 2.25 bits per heavy atom. The van der Waals surface area contributed by atoms with Crippen molar-refractivity contribution in [3.8, 4) is 0 Å². The summed E-state index contributed by atoms with van der Waals surface area (Å²) in [6.07, 6.45) is 12.0. The highest BCUT2D eigenvalue weighted by Crippen LogP contribution is 2.75. The van der Waals surface area contributed by atoms with Crippen LogP contribution >= 0.6 is 0 Å². The van der Waals surface area contributed by atoms with Crippen molar-refractivity contribution in [2.45, 2.75) is 125 Å². The summed E-state index contributed by atoms with van der Waals surface area (Å²) in [5.74, 6) is 2.65. The van der Waals surface area contributed by atoms with Crippen LogP contribution < -0.4 is 0 Å². The average molecular weight is 445 g/mol. The van der Waals surface area contributed by atoms with Gasteiger partial charge in [0.05, 0.1) is 12.2 Å². The Balaban J connectivity index is 1.63. The highest BCUT2D eigenvalue weighted by molar-refractivity contribution is 5.19. The fraction of sp³-hybridized carbons (Fsp3) is 0.933. The van der Waals surface area contributed by atoms with E-state index in [0.29, 0.717) is 16.7 Å². The van der Waals surface area contributed by atoms with Crippen molar-refractivity contribution in [1.82, 2.24) is 0 Å². The first-order valence-corrected chi connectivity index (χ1v) is 13.8. The molecule has 4 unspecified atom stereocenters. The maximum Gasteiger partial charge on any atom is 0.0580 e. The molecule has 4 fully saturated rings. The molecule has 10 atom stereocenters. The van der Waals surface area contributed by atoms with Crippen LogP contribution in [-0.4, -0.2) is 22.4 Å². The van der Waals surface area contributed by atoms with Crippen molar-refractivity contribution in [3.05, 3.63) is 11.6 Å². The van der Waals surface area contributed by atoms with Crippen molar-refractivity contribution < 1.29 is 10.2 Å². The lowest BCUT2D eigenvalue weighted by Gasteiger charge is -2.70. The zero-order valence-corrected chi connectivity index (χ0v) is 22.4. The molecule has 32 heavy (non-hydrogen) atoms. The van der Waals surface area contributed by atoms with Gasteiger partial charge in [-0.25, -0.2) is 0 Å². The van der Waals surface area contributed by atoms with Gasteiger partial charge in [0, 0.05) is 0 Å². The first-order chi connectivity index (χ1) is 14.8. The molecule has 0 heterocycles. The number of aliphatic hydroxyl groups is 2. The van der Waals surface area contributed by atoms with Gasteiger partial charge in [-0.3, -0.25) is 0 Å². The molecule has 0 aromatic carbocycles. The second-order valence-corrected chi connectivity index (χ2v) is 14.2. The van der Waals surface area contributed by atoms with Crippen LogP contribution in [0.5, 0.6) is 0 Å². The molecule has 4 aliphatic rings. The third-order valence-electron chi connectivity index (χ3n) is 12.5. The van der Waals surface area contributed by atoms with Gasteiger partial charge in [-0.2, -0.15) is 0 Å². The Morgan fingerprint density at radius 1 is 0.938 bits per heavy atom. The van der Waals surface area contributed by atoms with E-state index in [4.69, 9.17) is 0 Å². The van der Waals surface area contributed by atoms with Crippen LogP contribution in [-0.2, 0) is 0 Å². The number of rotatable bonds is 4. The zero-order valence-electron chi connectivity index (χ0n) is 22.4. The molecule has 0 radical (unpaired) electrons. The van der Waals surface area contributed by atoms with E-state index in [0.717, 1.165) is 37.5 Å². The Kier molecular flexibility index (Phi) is 6.28. The minimum atomic E-state index is -0.284. The fourth-order valence-electron chi connectivity index (χ4n) is 10.2. The van der Waals surface area contributed by atoms with Crippen LogP contribution in [0.4, 0.5) is 0 Å². The third kappa shape index (κ3) is 3.40. The van der Waals surface area contributed by atoms with Crippen molar-refractivity contribution in [3.63, 3.8) is 0 Å². The average Bonchev–Trinajstić information content (AvgIpc) is 3.07. The summed E-state index contributed by atoms with van der Waals surface area (Å²) in [6, 6.07) is 0. The molecule has 0 spiro atoms. The van der Waals surface area contributed by atoms with Gasteiger partial charge in [0.25, 0.3) is 0 Å². The fourth-order valence-corrected chi connectivity index (χ4v) is 10.2. The first kappa shape index (κ1) is 24.8. The number of allylic oxidation sites excluding steroid dienone is 2. The minimum Gasteiger partial charge on any atom is -0.393 e. The van der Waals surface area contributed by atoms with Gasteiger partial charge in [-0.15, -0.1) is 0 Å². The molecular weight excluding hydrogens is 392 g/mol. The van der Waals surface area contributed by atoms with Gasteiger partial charge < -0.3 is 10.2 Å². The maximum atomic E-state index is 11.7. The van der Waals surface area contributed by atoms with Crippen LogP contribution in [0.15, 0.2) is 11.6 Å². The molecule has 184 valence electrons. The van der Waals surface area contributed by atoms with Crippen LogP contribution in [0.1, 0.15) is 113 Å². The predicted molar refractivity (Wildman–Crippen MR) is 134 cm³/mol. The number of fused-ring (bicyclic) bond motifs is 5. The van der Waals surface area contributed by atoms with Gasteiger partial charge in [-0.1, -0.05) is 53.2 Å². The smallest absolute Gasteiger partial charge is 0.0580 e. The normalized spacial score (nSPS) is 50.7. The summed E-state index contributed by atoms with van der Waals surface area (Å²) < 4.78 is 0. The lowest BCUT2D eigenvalue weighted by Crippen LogP contribution is -2.65. The Morgan fingerprint density at radius 2 is 1.59 bits per heavy atom. The molecule has 2 nitrogen and oxygen atoms in total. The first-order valence-electron chi connectivity index (χ1n) is 13.8. The lowest BCUT2D eigenvalue weighted by atomic mass is 9.34. The molecule has 0 aliphatic heterocycles. The number of hydrogen-bond donors (Lipinski definition) is 2. The van der Waals surface area contributed by atoms with E-state index >= 15 is 0 Å². The summed E-state index contributed by atoms with van der Waals surface area (Å²) >= 11 is 0. The topological polar surface area (TPSA) is 40.5 Å². The van der Waals surface area contributed by atoms with E-state index in [1.54, 1.807) is 0 Å². The summed E-state index contributed by atoms with van der Waals surface area (Å²) in [7, 11) is 0. The Labute approximate surface area is 198 Å². The highest BCUT2D eigenvalue weighted by atomic mass is 16.3. The van der Waals surface area contributed by atoms with Crippen molar-refractivity contribution in [1.29, 1.82) is 0 Å². The summed E-state index contributed by atoms with van der Waals surface area (Å²) in [5, 5.41) is 22.9. The molecule has 0 saturated heterocycles. The molecule has 0 aromatic heterocycles. The molecule has 0 aromatic rings. The molecule has 4 rings (SSSR count). The van der Waals surface area contributed by atoms with Crippen LogP contribution in [0.25, 0.3) is 0 Å². The van der Waals surface area contributed by atoms with Gasteiger partial charge in [-0.05, 0) is 123 Å². The second-order valence-electron chi connectivity index (χ2n) is 14.2. The van der Waals surface area contributed by atoms with E-state index in [1.165, 1.54) is 37.7 Å². The van der Waals surface area contributed by atoms with E-state index in [2.05, 4.69) is 61.5 Å².